The van der Waals surface area contributed by atoms with Crippen LogP contribution in [0.15, 0.2) is 18.2 Å². The zero-order valence-electron chi connectivity index (χ0n) is 11.2. The zero-order valence-corrected chi connectivity index (χ0v) is 11.2. The average molecular weight is 283 g/mol. The molecular weight excluding hydrogens is 267 g/mol. The molecule has 6 heteroatoms. The second-order valence-corrected chi connectivity index (χ2v) is 5.53. The third-order valence-electron chi connectivity index (χ3n) is 3.84. The summed E-state index contributed by atoms with van der Waals surface area (Å²) < 4.78 is 38.2. The van der Waals surface area contributed by atoms with E-state index in [9.17, 15) is 13.2 Å². The van der Waals surface area contributed by atoms with Crippen LogP contribution in [0.1, 0.15) is 24.5 Å². The fraction of sp³-hybridized carbons (Fsp3) is 0.500. The van der Waals surface area contributed by atoms with Crippen LogP contribution in [0.4, 0.5) is 18.9 Å². The third-order valence-corrected chi connectivity index (χ3v) is 3.84. The summed E-state index contributed by atoms with van der Waals surface area (Å²) in [6, 6.07) is 5.34. The molecule has 1 aliphatic rings. The van der Waals surface area contributed by atoms with Gasteiger partial charge in [-0.25, -0.2) is 0 Å². The molecule has 1 heterocycles. The van der Waals surface area contributed by atoms with Crippen LogP contribution in [-0.2, 0) is 6.18 Å². The number of hydrogen-bond acceptors (Lipinski definition) is 3. The first-order valence-electron chi connectivity index (χ1n) is 6.35. The van der Waals surface area contributed by atoms with Gasteiger partial charge < -0.3 is 10.6 Å². The van der Waals surface area contributed by atoms with Gasteiger partial charge in [0.25, 0.3) is 0 Å². The van der Waals surface area contributed by atoms with Crippen molar-refractivity contribution in [1.29, 1.82) is 5.26 Å². The molecule has 1 atom stereocenters. The predicted molar refractivity (Wildman–Crippen MR) is 70.2 cm³/mol. The van der Waals surface area contributed by atoms with E-state index < -0.39 is 11.7 Å². The molecule has 2 N–H and O–H groups in total. The summed E-state index contributed by atoms with van der Waals surface area (Å²) >= 11 is 0. The summed E-state index contributed by atoms with van der Waals surface area (Å²) in [5.41, 5.74) is 5.12. The average Bonchev–Trinajstić information content (AvgIpc) is 2.80. The predicted octanol–water partition coefficient (Wildman–Crippen LogP) is 2.75. The van der Waals surface area contributed by atoms with E-state index in [4.69, 9.17) is 11.0 Å². The van der Waals surface area contributed by atoms with Crippen molar-refractivity contribution in [3.05, 3.63) is 29.3 Å². The first kappa shape index (κ1) is 14.7. The lowest BCUT2D eigenvalue weighted by Gasteiger charge is -2.24. The number of benzene rings is 1. The molecule has 1 aromatic carbocycles. The number of anilines is 1. The fourth-order valence-corrected chi connectivity index (χ4v) is 2.48. The molecule has 1 fully saturated rings. The number of halogens is 3. The van der Waals surface area contributed by atoms with Crippen LogP contribution in [0.2, 0.25) is 0 Å². The number of hydrogen-bond donors (Lipinski definition) is 1. The molecule has 0 aliphatic carbocycles. The van der Waals surface area contributed by atoms with Gasteiger partial charge in [-0.1, -0.05) is 6.92 Å². The largest absolute Gasteiger partial charge is 0.417 e. The number of nitrogens with zero attached hydrogens (tertiary/aromatic N) is 2. The Hall–Kier alpha value is -1.74. The summed E-state index contributed by atoms with van der Waals surface area (Å²) in [6.45, 7) is 4.03. The molecule has 0 amide bonds. The van der Waals surface area contributed by atoms with Crippen molar-refractivity contribution < 1.29 is 13.2 Å². The van der Waals surface area contributed by atoms with Gasteiger partial charge in [-0.15, -0.1) is 0 Å². The number of nitriles is 1. The van der Waals surface area contributed by atoms with Crippen molar-refractivity contribution in [3.63, 3.8) is 0 Å². The zero-order chi connectivity index (χ0) is 15.0. The maximum Gasteiger partial charge on any atom is 0.417 e. The quantitative estimate of drug-likeness (QED) is 0.908. The van der Waals surface area contributed by atoms with E-state index >= 15 is 0 Å². The van der Waals surface area contributed by atoms with E-state index in [1.807, 2.05) is 4.90 Å². The fourth-order valence-electron chi connectivity index (χ4n) is 2.48. The summed E-state index contributed by atoms with van der Waals surface area (Å²) in [7, 11) is 0. The SMILES string of the molecule is CC1(CN)CCN(c2ccc(C(F)(F)F)c(C#N)c2)C1. The Bertz CT molecular complexity index is 548. The Labute approximate surface area is 115 Å². The molecule has 0 aromatic heterocycles. The lowest BCUT2D eigenvalue weighted by molar-refractivity contribution is -0.137. The van der Waals surface area contributed by atoms with Gasteiger partial charge in [-0.3, -0.25) is 0 Å². The van der Waals surface area contributed by atoms with Crippen LogP contribution in [-0.4, -0.2) is 19.6 Å². The van der Waals surface area contributed by atoms with Gasteiger partial charge in [0, 0.05) is 18.8 Å². The standard InChI is InChI=1S/C14H16F3N3/c1-13(8-19)4-5-20(9-13)11-2-3-12(14(15,16)17)10(6-11)7-18/h2-3,6H,4-5,8-9,19H2,1H3. The van der Waals surface area contributed by atoms with Crippen molar-refractivity contribution in [2.24, 2.45) is 11.1 Å². The van der Waals surface area contributed by atoms with E-state index in [2.05, 4.69) is 6.92 Å². The minimum Gasteiger partial charge on any atom is -0.371 e. The van der Waals surface area contributed by atoms with Crippen LogP contribution < -0.4 is 10.6 Å². The van der Waals surface area contributed by atoms with Crippen LogP contribution in [0.25, 0.3) is 0 Å². The molecule has 1 aliphatic heterocycles. The highest BCUT2D eigenvalue weighted by Gasteiger charge is 2.35. The van der Waals surface area contributed by atoms with E-state index in [0.29, 0.717) is 18.8 Å². The van der Waals surface area contributed by atoms with Crippen molar-refractivity contribution in [2.45, 2.75) is 19.5 Å². The molecule has 0 saturated carbocycles. The van der Waals surface area contributed by atoms with Gasteiger partial charge in [0.2, 0.25) is 0 Å². The minimum atomic E-state index is -4.50. The number of rotatable bonds is 2. The van der Waals surface area contributed by atoms with Gasteiger partial charge in [-0.05, 0) is 36.6 Å². The van der Waals surface area contributed by atoms with E-state index in [0.717, 1.165) is 19.0 Å². The maximum atomic E-state index is 12.7. The monoisotopic (exact) mass is 283 g/mol. The highest BCUT2D eigenvalue weighted by molar-refractivity contribution is 5.56. The van der Waals surface area contributed by atoms with E-state index in [-0.39, 0.29) is 11.0 Å². The molecule has 3 nitrogen and oxygen atoms in total. The van der Waals surface area contributed by atoms with Crippen LogP contribution >= 0.6 is 0 Å². The summed E-state index contributed by atoms with van der Waals surface area (Å²) in [6.07, 6.45) is -3.60. The van der Waals surface area contributed by atoms with Crippen molar-refractivity contribution in [3.8, 4) is 6.07 Å². The summed E-state index contributed by atoms with van der Waals surface area (Å²) in [4.78, 5) is 1.98. The maximum absolute atomic E-state index is 12.7. The van der Waals surface area contributed by atoms with Crippen molar-refractivity contribution in [2.75, 3.05) is 24.5 Å². The lowest BCUT2D eigenvalue weighted by atomic mass is 9.90. The minimum absolute atomic E-state index is 0.0183. The second-order valence-electron chi connectivity index (χ2n) is 5.53. The highest BCUT2D eigenvalue weighted by Crippen LogP contribution is 2.36. The van der Waals surface area contributed by atoms with Crippen molar-refractivity contribution >= 4 is 5.69 Å². The summed E-state index contributed by atoms with van der Waals surface area (Å²) in [5.74, 6) is 0. The van der Waals surface area contributed by atoms with E-state index in [1.54, 1.807) is 6.07 Å². The van der Waals surface area contributed by atoms with Gasteiger partial charge in [0.1, 0.15) is 0 Å². The first-order valence-corrected chi connectivity index (χ1v) is 6.35. The highest BCUT2D eigenvalue weighted by atomic mass is 19.4. The first-order chi connectivity index (χ1) is 9.29. The van der Waals surface area contributed by atoms with Crippen LogP contribution in [0.5, 0.6) is 0 Å². The topological polar surface area (TPSA) is 53.0 Å². The summed E-state index contributed by atoms with van der Waals surface area (Å²) in [5, 5.41) is 8.91. The van der Waals surface area contributed by atoms with Gasteiger partial charge >= 0.3 is 6.18 Å². The Kier molecular flexibility index (Phi) is 3.65. The molecular formula is C14H16F3N3. The molecule has 1 unspecified atom stereocenters. The molecule has 1 saturated heterocycles. The Morgan fingerprint density at radius 2 is 2.15 bits per heavy atom. The molecule has 0 spiro atoms. The van der Waals surface area contributed by atoms with Crippen molar-refractivity contribution in [1.82, 2.24) is 0 Å². The Balaban J connectivity index is 2.31. The van der Waals surface area contributed by atoms with E-state index in [1.165, 1.54) is 12.1 Å². The lowest BCUT2D eigenvalue weighted by Crippen LogP contribution is -2.31. The Morgan fingerprint density at radius 3 is 2.65 bits per heavy atom. The second kappa shape index (κ2) is 4.98. The normalized spacial score (nSPS) is 22.9. The number of alkyl halides is 3. The van der Waals surface area contributed by atoms with Gasteiger partial charge in [0.15, 0.2) is 0 Å². The van der Waals surface area contributed by atoms with Gasteiger partial charge in [0.05, 0.1) is 17.2 Å². The molecule has 0 radical (unpaired) electrons. The molecule has 2 rings (SSSR count). The van der Waals surface area contributed by atoms with Gasteiger partial charge in [-0.2, -0.15) is 18.4 Å². The molecule has 0 bridgehead atoms. The molecule has 108 valence electrons. The van der Waals surface area contributed by atoms with Crippen LogP contribution in [0.3, 0.4) is 0 Å². The third kappa shape index (κ3) is 2.73. The van der Waals surface area contributed by atoms with Crippen LogP contribution in [0, 0.1) is 16.7 Å². The smallest absolute Gasteiger partial charge is 0.371 e. The number of nitrogens with two attached hydrogens (primary N) is 1. The molecule has 1 aromatic rings. The molecule has 20 heavy (non-hydrogen) atoms. The Morgan fingerprint density at radius 1 is 1.45 bits per heavy atom.